The zero-order valence-corrected chi connectivity index (χ0v) is 22.1. The maximum Gasteiger partial charge on any atom is 0.417 e. The van der Waals surface area contributed by atoms with Gasteiger partial charge in [0.05, 0.1) is 37.9 Å². The Bertz CT molecular complexity index is 1480. The number of ether oxygens (including phenoxy) is 2. The highest BCUT2D eigenvalue weighted by Gasteiger charge is 2.72. The van der Waals surface area contributed by atoms with Crippen molar-refractivity contribution in [3.8, 4) is 5.75 Å². The van der Waals surface area contributed by atoms with E-state index in [1.807, 2.05) is 0 Å². The standard InChI is InChI=1S/C28H21Cl2F3N2O4/c1-38-20-10-3-16(4-11-20)14-34-23-12-9-19(30)13-22(23)27(28(31,32)33)24(17-5-7-18(29)8-6-17)21(25(36)39-2)15-35(27)26(34)37/h3-13,15,24H,14H2,1-2H3/t24-,27-/m1/s1. The molecule has 0 N–H and O–H groups in total. The number of hydrogen-bond donors (Lipinski definition) is 0. The molecule has 2 amide bonds. The molecule has 6 nitrogen and oxygen atoms in total. The molecule has 3 aromatic carbocycles. The highest BCUT2D eigenvalue weighted by Crippen LogP contribution is 2.63. The van der Waals surface area contributed by atoms with Gasteiger partial charge >= 0.3 is 18.2 Å². The lowest BCUT2D eigenvalue weighted by atomic mass is 9.70. The molecule has 202 valence electrons. The molecule has 0 fully saturated rings. The number of carbonyl (C=O) groups excluding carboxylic acids is 2. The van der Waals surface area contributed by atoms with E-state index in [0.717, 1.165) is 13.3 Å². The van der Waals surface area contributed by atoms with Crippen LogP contribution in [0.15, 0.2) is 78.5 Å². The number of fused-ring (bicyclic) bond motifs is 3. The minimum atomic E-state index is -5.05. The fourth-order valence-electron chi connectivity index (χ4n) is 5.34. The van der Waals surface area contributed by atoms with Gasteiger partial charge in [-0.15, -0.1) is 0 Å². The molecule has 5 rings (SSSR count). The minimum absolute atomic E-state index is 0.0206. The first-order valence-electron chi connectivity index (χ1n) is 11.7. The predicted molar refractivity (Wildman–Crippen MR) is 140 cm³/mol. The lowest BCUT2D eigenvalue weighted by molar-refractivity contribution is -0.223. The largest absolute Gasteiger partial charge is 0.497 e. The predicted octanol–water partition coefficient (Wildman–Crippen LogP) is 7.06. The lowest BCUT2D eigenvalue weighted by Gasteiger charge is -2.50. The molecule has 0 spiro atoms. The first-order valence-corrected chi connectivity index (χ1v) is 12.4. The van der Waals surface area contributed by atoms with Gasteiger partial charge in [0, 0.05) is 21.8 Å². The summed E-state index contributed by atoms with van der Waals surface area (Å²) in [6, 6.07) is 15.5. The normalized spacial score (nSPS) is 20.3. The molecular formula is C28H21Cl2F3N2O4. The Morgan fingerprint density at radius 3 is 2.21 bits per heavy atom. The number of rotatable bonds is 5. The smallest absolute Gasteiger partial charge is 0.417 e. The number of urea groups is 1. The highest BCUT2D eigenvalue weighted by atomic mass is 35.5. The Morgan fingerprint density at radius 2 is 1.62 bits per heavy atom. The van der Waals surface area contributed by atoms with Gasteiger partial charge in [-0.1, -0.05) is 47.5 Å². The van der Waals surface area contributed by atoms with E-state index in [0.29, 0.717) is 21.2 Å². The van der Waals surface area contributed by atoms with Crippen LogP contribution >= 0.6 is 23.2 Å². The second-order valence-electron chi connectivity index (χ2n) is 9.07. The molecule has 2 heterocycles. The van der Waals surface area contributed by atoms with Gasteiger partial charge in [0.2, 0.25) is 0 Å². The molecule has 0 bridgehead atoms. The van der Waals surface area contributed by atoms with Crippen LogP contribution in [0.5, 0.6) is 5.75 Å². The van der Waals surface area contributed by atoms with Crippen molar-refractivity contribution >= 4 is 40.9 Å². The summed E-state index contributed by atoms with van der Waals surface area (Å²) in [6.07, 6.45) is -4.11. The number of esters is 1. The third-order valence-electron chi connectivity index (χ3n) is 7.03. The van der Waals surface area contributed by atoms with Crippen molar-refractivity contribution in [2.24, 2.45) is 0 Å². The molecule has 2 aliphatic heterocycles. The van der Waals surface area contributed by atoms with Crippen LogP contribution in [-0.2, 0) is 21.6 Å². The molecule has 39 heavy (non-hydrogen) atoms. The minimum Gasteiger partial charge on any atom is -0.497 e. The summed E-state index contributed by atoms with van der Waals surface area (Å²) in [5, 5.41) is 0.338. The molecular weight excluding hydrogens is 556 g/mol. The Balaban J connectivity index is 1.78. The summed E-state index contributed by atoms with van der Waals surface area (Å²) < 4.78 is 56.8. The molecule has 11 heteroatoms. The molecule has 0 saturated heterocycles. The van der Waals surface area contributed by atoms with E-state index in [-0.39, 0.29) is 34.0 Å². The van der Waals surface area contributed by atoms with E-state index in [2.05, 4.69) is 0 Å². The number of hydrogen-bond acceptors (Lipinski definition) is 4. The number of nitrogens with zero attached hydrogens (tertiary/aromatic N) is 2. The van der Waals surface area contributed by atoms with Crippen molar-refractivity contribution in [1.82, 2.24) is 4.90 Å². The third-order valence-corrected chi connectivity index (χ3v) is 7.52. The number of methoxy groups -OCH3 is 2. The van der Waals surface area contributed by atoms with Crippen molar-refractivity contribution < 1.29 is 32.2 Å². The van der Waals surface area contributed by atoms with E-state index in [4.69, 9.17) is 32.7 Å². The fraction of sp³-hybridized carbons (Fsp3) is 0.214. The molecule has 0 saturated carbocycles. The van der Waals surface area contributed by atoms with E-state index in [1.165, 1.54) is 54.5 Å². The second-order valence-corrected chi connectivity index (χ2v) is 9.95. The molecule has 0 unspecified atom stereocenters. The van der Waals surface area contributed by atoms with Gasteiger partial charge in [-0.3, -0.25) is 9.80 Å². The van der Waals surface area contributed by atoms with Crippen molar-refractivity contribution in [1.29, 1.82) is 0 Å². The van der Waals surface area contributed by atoms with Crippen LogP contribution in [0.2, 0.25) is 10.0 Å². The number of halogens is 5. The van der Waals surface area contributed by atoms with Crippen LogP contribution in [0.3, 0.4) is 0 Å². The maximum absolute atomic E-state index is 15.6. The quantitative estimate of drug-likeness (QED) is 0.305. The van der Waals surface area contributed by atoms with Crippen LogP contribution in [0.25, 0.3) is 0 Å². The number of benzene rings is 3. The van der Waals surface area contributed by atoms with E-state index in [1.54, 1.807) is 24.3 Å². The summed E-state index contributed by atoms with van der Waals surface area (Å²) in [7, 11) is 2.58. The van der Waals surface area contributed by atoms with Crippen LogP contribution in [0.4, 0.5) is 23.7 Å². The zero-order chi connectivity index (χ0) is 28.1. The maximum atomic E-state index is 15.6. The highest BCUT2D eigenvalue weighted by molar-refractivity contribution is 6.31. The molecule has 0 aromatic heterocycles. The SMILES string of the molecule is COC(=O)C1=CN2C(=O)N(Cc3ccc(OC)cc3)c3ccc(Cl)cc3[C@]2(C(F)(F)F)[C@@H]1c1ccc(Cl)cc1. The van der Waals surface area contributed by atoms with Crippen molar-refractivity contribution in [2.45, 2.75) is 24.2 Å². The average molecular weight is 577 g/mol. The van der Waals surface area contributed by atoms with E-state index >= 15 is 13.2 Å². The summed E-state index contributed by atoms with van der Waals surface area (Å²) in [5.74, 6) is -2.07. The summed E-state index contributed by atoms with van der Waals surface area (Å²) in [6.45, 7) is -0.0467. The number of alkyl halides is 3. The third kappa shape index (κ3) is 4.20. The Kier molecular flexibility index (Phi) is 6.76. The average Bonchev–Trinajstić information content (AvgIpc) is 3.29. The monoisotopic (exact) mass is 576 g/mol. The van der Waals surface area contributed by atoms with Gasteiger partial charge in [0.25, 0.3) is 0 Å². The lowest BCUT2D eigenvalue weighted by Crippen LogP contribution is -2.63. The van der Waals surface area contributed by atoms with Crippen LogP contribution < -0.4 is 9.64 Å². The van der Waals surface area contributed by atoms with Gasteiger partial charge in [-0.05, 0) is 53.6 Å². The van der Waals surface area contributed by atoms with Gasteiger partial charge < -0.3 is 9.47 Å². The van der Waals surface area contributed by atoms with Gasteiger partial charge in [0.1, 0.15) is 5.75 Å². The van der Waals surface area contributed by atoms with Crippen LogP contribution in [-0.4, -0.2) is 37.3 Å². The molecule has 3 aromatic rings. The number of amides is 2. The van der Waals surface area contributed by atoms with E-state index in [9.17, 15) is 9.59 Å². The molecule has 0 aliphatic carbocycles. The fourth-order valence-corrected chi connectivity index (χ4v) is 5.63. The summed E-state index contributed by atoms with van der Waals surface area (Å²) >= 11 is 12.3. The Labute approximate surface area is 232 Å². The van der Waals surface area contributed by atoms with Gasteiger partial charge in [0.15, 0.2) is 5.54 Å². The first kappa shape index (κ1) is 26.9. The second kappa shape index (κ2) is 9.81. The molecule has 2 atom stereocenters. The zero-order valence-electron chi connectivity index (χ0n) is 20.6. The Morgan fingerprint density at radius 1 is 0.974 bits per heavy atom. The van der Waals surface area contributed by atoms with E-state index < -0.39 is 29.6 Å². The molecule has 0 radical (unpaired) electrons. The number of anilines is 1. The Hall–Kier alpha value is -3.69. The van der Waals surface area contributed by atoms with Gasteiger partial charge in [-0.2, -0.15) is 13.2 Å². The van der Waals surface area contributed by atoms with Crippen molar-refractivity contribution in [3.05, 3.63) is 105 Å². The molecule has 2 aliphatic rings. The topological polar surface area (TPSA) is 59.1 Å². The van der Waals surface area contributed by atoms with Gasteiger partial charge in [-0.25, -0.2) is 9.59 Å². The van der Waals surface area contributed by atoms with Crippen LogP contribution in [0.1, 0.15) is 22.6 Å². The van der Waals surface area contributed by atoms with Crippen molar-refractivity contribution in [2.75, 3.05) is 19.1 Å². The number of carbonyl (C=O) groups is 2. The summed E-state index contributed by atoms with van der Waals surface area (Å²) in [5.41, 5.74) is -2.80. The first-order chi connectivity index (χ1) is 18.5. The summed E-state index contributed by atoms with van der Waals surface area (Å²) in [4.78, 5) is 28.7. The van der Waals surface area contributed by atoms with Crippen molar-refractivity contribution in [3.63, 3.8) is 0 Å². The van der Waals surface area contributed by atoms with Crippen LogP contribution in [0, 0.1) is 0 Å².